The van der Waals surface area contributed by atoms with E-state index in [9.17, 15) is 0 Å². The number of hydrogen-bond donors (Lipinski definition) is 1. The number of aromatic nitrogens is 1. The largest absolute Gasteiger partial charge is 0.379 e. The minimum Gasteiger partial charge on any atom is -0.379 e. The number of nitrogens with zero attached hydrogens (tertiary/aromatic N) is 2. The molecular weight excluding hydrogens is 226 g/mol. The molecule has 1 saturated heterocycles. The molecule has 1 N–H and O–H groups in total. The van der Waals surface area contributed by atoms with E-state index >= 15 is 0 Å². The fourth-order valence-corrected chi connectivity index (χ4v) is 2.27. The molecule has 1 aliphatic rings. The van der Waals surface area contributed by atoms with Crippen LogP contribution in [-0.2, 0) is 11.3 Å². The van der Waals surface area contributed by atoms with Gasteiger partial charge in [0.1, 0.15) is 0 Å². The van der Waals surface area contributed by atoms with E-state index in [-0.39, 0.29) is 0 Å². The third kappa shape index (κ3) is 4.05. The van der Waals surface area contributed by atoms with Gasteiger partial charge in [-0.1, -0.05) is 6.07 Å². The number of pyridine rings is 1. The van der Waals surface area contributed by atoms with Crippen molar-refractivity contribution in [3.63, 3.8) is 0 Å². The SMILES string of the molecule is CC(CC1COCCN1)N(C)Cc1ccccn1. The lowest BCUT2D eigenvalue weighted by molar-refractivity contribution is 0.0637. The number of nitrogens with one attached hydrogen (secondary N) is 1. The highest BCUT2D eigenvalue weighted by atomic mass is 16.5. The third-order valence-electron chi connectivity index (χ3n) is 3.51. The van der Waals surface area contributed by atoms with Gasteiger partial charge < -0.3 is 10.1 Å². The summed E-state index contributed by atoms with van der Waals surface area (Å²) < 4.78 is 5.49. The van der Waals surface area contributed by atoms with Crippen LogP contribution in [0.3, 0.4) is 0 Å². The van der Waals surface area contributed by atoms with Crippen molar-refractivity contribution in [1.82, 2.24) is 15.2 Å². The number of rotatable bonds is 5. The molecule has 0 aliphatic carbocycles. The summed E-state index contributed by atoms with van der Waals surface area (Å²) >= 11 is 0. The smallest absolute Gasteiger partial charge is 0.0620 e. The fourth-order valence-electron chi connectivity index (χ4n) is 2.27. The van der Waals surface area contributed by atoms with Gasteiger partial charge in [0.05, 0.1) is 18.9 Å². The molecule has 2 heterocycles. The van der Waals surface area contributed by atoms with E-state index in [1.165, 1.54) is 0 Å². The highest BCUT2D eigenvalue weighted by molar-refractivity contribution is 5.03. The van der Waals surface area contributed by atoms with Crippen LogP contribution in [0, 0.1) is 0 Å². The second-order valence-electron chi connectivity index (χ2n) is 5.05. The fraction of sp³-hybridized carbons (Fsp3) is 0.643. The van der Waals surface area contributed by atoms with Crippen LogP contribution in [0.4, 0.5) is 0 Å². The number of ether oxygens (including phenoxy) is 1. The average molecular weight is 249 g/mol. The Morgan fingerprint density at radius 2 is 2.44 bits per heavy atom. The first-order chi connectivity index (χ1) is 8.75. The van der Waals surface area contributed by atoms with Gasteiger partial charge in [0, 0.05) is 31.4 Å². The Labute approximate surface area is 109 Å². The molecule has 0 radical (unpaired) electrons. The first-order valence-corrected chi connectivity index (χ1v) is 6.67. The van der Waals surface area contributed by atoms with Gasteiger partial charge in [0.25, 0.3) is 0 Å². The van der Waals surface area contributed by atoms with E-state index in [2.05, 4.69) is 35.2 Å². The molecule has 18 heavy (non-hydrogen) atoms. The summed E-state index contributed by atoms with van der Waals surface area (Å²) in [6.07, 6.45) is 2.97. The van der Waals surface area contributed by atoms with Gasteiger partial charge in [-0.2, -0.15) is 0 Å². The molecule has 4 nitrogen and oxygen atoms in total. The van der Waals surface area contributed by atoms with Crippen LogP contribution in [0.1, 0.15) is 19.0 Å². The lowest BCUT2D eigenvalue weighted by atomic mass is 10.1. The average Bonchev–Trinajstić information content (AvgIpc) is 2.41. The zero-order valence-electron chi connectivity index (χ0n) is 11.3. The monoisotopic (exact) mass is 249 g/mol. The molecule has 1 aliphatic heterocycles. The highest BCUT2D eigenvalue weighted by Crippen LogP contribution is 2.10. The summed E-state index contributed by atoms with van der Waals surface area (Å²) in [5.41, 5.74) is 1.12. The van der Waals surface area contributed by atoms with Crippen LogP contribution in [0.5, 0.6) is 0 Å². The minimum absolute atomic E-state index is 0.486. The maximum absolute atomic E-state index is 5.49. The summed E-state index contributed by atoms with van der Waals surface area (Å²) in [6.45, 7) is 5.81. The second-order valence-corrected chi connectivity index (χ2v) is 5.05. The summed E-state index contributed by atoms with van der Waals surface area (Å²) in [5.74, 6) is 0. The number of hydrogen-bond acceptors (Lipinski definition) is 4. The van der Waals surface area contributed by atoms with Gasteiger partial charge in [-0.25, -0.2) is 0 Å². The Balaban J connectivity index is 1.79. The molecule has 100 valence electrons. The molecule has 0 spiro atoms. The van der Waals surface area contributed by atoms with Crippen LogP contribution >= 0.6 is 0 Å². The summed E-state index contributed by atoms with van der Waals surface area (Å²) in [7, 11) is 2.16. The minimum atomic E-state index is 0.486. The first kappa shape index (κ1) is 13.5. The molecule has 2 atom stereocenters. The predicted octanol–water partition coefficient (Wildman–Crippen LogP) is 1.28. The topological polar surface area (TPSA) is 37.4 Å². The van der Waals surface area contributed by atoms with Crippen molar-refractivity contribution >= 4 is 0 Å². The van der Waals surface area contributed by atoms with Crippen LogP contribution in [-0.4, -0.2) is 48.8 Å². The van der Waals surface area contributed by atoms with Crippen molar-refractivity contribution < 1.29 is 4.74 Å². The van der Waals surface area contributed by atoms with Gasteiger partial charge in [-0.05, 0) is 32.5 Å². The van der Waals surface area contributed by atoms with Crippen molar-refractivity contribution in [2.75, 3.05) is 26.8 Å². The molecule has 1 aromatic heterocycles. The Bertz CT molecular complexity index is 338. The zero-order valence-corrected chi connectivity index (χ0v) is 11.3. The lowest BCUT2D eigenvalue weighted by Gasteiger charge is -2.30. The van der Waals surface area contributed by atoms with Gasteiger partial charge in [0.15, 0.2) is 0 Å². The van der Waals surface area contributed by atoms with E-state index in [0.717, 1.165) is 38.4 Å². The molecule has 1 fully saturated rings. The maximum atomic E-state index is 5.49. The lowest BCUT2D eigenvalue weighted by Crippen LogP contribution is -2.45. The van der Waals surface area contributed by atoms with Gasteiger partial charge in [0.2, 0.25) is 0 Å². The number of morpholine rings is 1. The molecule has 0 aromatic carbocycles. The van der Waals surface area contributed by atoms with Crippen molar-refractivity contribution in [3.05, 3.63) is 30.1 Å². The Morgan fingerprint density at radius 1 is 1.56 bits per heavy atom. The zero-order chi connectivity index (χ0) is 12.8. The summed E-state index contributed by atoms with van der Waals surface area (Å²) in [4.78, 5) is 6.71. The molecule has 4 heteroatoms. The maximum Gasteiger partial charge on any atom is 0.0620 e. The van der Waals surface area contributed by atoms with Crippen LogP contribution in [0.25, 0.3) is 0 Å². The van der Waals surface area contributed by atoms with E-state index in [1.807, 2.05) is 18.3 Å². The van der Waals surface area contributed by atoms with Gasteiger partial charge in [-0.15, -0.1) is 0 Å². The molecule has 2 rings (SSSR count). The molecule has 1 aromatic rings. The quantitative estimate of drug-likeness (QED) is 0.853. The molecular formula is C14H23N3O. The van der Waals surface area contributed by atoms with Crippen molar-refractivity contribution in [1.29, 1.82) is 0 Å². The van der Waals surface area contributed by atoms with Crippen molar-refractivity contribution in [3.8, 4) is 0 Å². The van der Waals surface area contributed by atoms with Gasteiger partial charge >= 0.3 is 0 Å². The van der Waals surface area contributed by atoms with Crippen molar-refractivity contribution in [2.45, 2.75) is 32.0 Å². The van der Waals surface area contributed by atoms with E-state index in [1.54, 1.807) is 0 Å². The van der Waals surface area contributed by atoms with E-state index in [4.69, 9.17) is 4.74 Å². The van der Waals surface area contributed by atoms with Crippen LogP contribution in [0.2, 0.25) is 0 Å². The van der Waals surface area contributed by atoms with Crippen LogP contribution in [0.15, 0.2) is 24.4 Å². The molecule has 0 saturated carbocycles. The molecule has 0 bridgehead atoms. The highest BCUT2D eigenvalue weighted by Gasteiger charge is 2.18. The molecule has 0 amide bonds. The summed E-state index contributed by atoms with van der Waals surface area (Å²) in [6, 6.07) is 7.07. The molecule has 2 unspecified atom stereocenters. The third-order valence-corrected chi connectivity index (χ3v) is 3.51. The van der Waals surface area contributed by atoms with E-state index < -0.39 is 0 Å². The van der Waals surface area contributed by atoms with Crippen molar-refractivity contribution in [2.24, 2.45) is 0 Å². The standard InChI is InChI=1S/C14H23N3O/c1-12(9-14-11-18-8-7-16-14)17(2)10-13-5-3-4-6-15-13/h3-6,12,14,16H,7-11H2,1-2H3. The second kappa shape index (κ2) is 6.83. The summed E-state index contributed by atoms with van der Waals surface area (Å²) in [5, 5.41) is 3.50. The Morgan fingerprint density at radius 3 is 3.11 bits per heavy atom. The Hall–Kier alpha value is -0.970. The first-order valence-electron chi connectivity index (χ1n) is 6.67. The van der Waals surface area contributed by atoms with Crippen LogP contribution < -0.4 is 5.32 Å². The van der Waals surface area contributed by atoms with Gasteiger partial charge in [-0.3, -0.25) is 9.88 Å². The Kier molecular flexibility index (Phi) is 5.11. The predicted molar refractivity (Wildman–Crippen MR) is 72.4 cm³/mol. The van der Waals surface area contributed by atoms with E-state index in [0.29, 0.717) is 12.1 Å². The normalized spacial score (nSPS) is 22.1.